The Labute approximate surface area is 252 Å². The number of nitrogens with one attached hydrogen (secondary N) is 1. The highest BCUT2D eigenvalue weighted by Gasteiger charge is 2.21. The van der Waals surface area contributed by atoms with Crippen molar-refractivity contribution in [2.75, 3.05) is 0 Å². The van der Waals surface area contributed by atoms with Gasteiger partial charge in [-0.15, -0.1) is 0 Å². The van der Waals surface area contributed by atoms with E-state index in [0.29, 0.717) is 39.3 Å². The molecule has 0 amide bonds. The average molecular weight is 567 g/mol. The Morgan fingerprint density at radius 2 is 0.860 bits per heavy atom. The van der Waals surface area contributed by atoms with Gasteiger partial charge in [-0.2, -0.15) is 5.10 Å². The highest BCUT2D eigenvalue weighted by Crippen LogP contribution is 2.29. The molecule has 6 aromatic rings. The van der Waals surface area contributed by atoms with Gasteiger partial charge in [-0.3, -0.25) is 34.8 Å². The van der Waals surface area contributed by atoms with E-state index in [9.17, 15) is 0 Å². The Morgan fingerprint density at radius 1 is 0.442 bits per heavy atom. The number of aromatic nitrogens is 6. The van der Waals surface area contributed by atoms with Crippen LogP contribution in [0.4, 0.5) is 0 Å². The van der Waals surface area contributed by atoms with Crippen LogP contribution in [0.15, 0.2) is 128 Å². The number of aromatic amines is 1. The molecule has 43 heavy (non-hydrogen) atoms. The second-order valence-corrected chi connectivity index (χ2v) is 10.5. The monoisotopic (exact) mass is 566 g/mol. The highest BCUT2D eigenvalue weighted by molar-refractivity contribution is 5.68. The summed E-state index contributed by atoms with van der Waals surface area (Å²) in [6.45, 7) is 4.02. The second-order valence-electron chi connectivity index (χ2n) is 10.5. The minimum absolute atomic E-state index is 0.633. The maximum atomic E-state index is 4.92. The summed E-state index contributed by atoms with van der Waals surface area (Å²) < 4.78 is 0. The van der Waals surface area contributed by atoms with Crippen LogP contribution in [0, 0.1) is 0 Å². The smallest absolute Gasteiger partial charge is 0.0844 e. The molecule has 0 aliphatic carbocycles. The Balaban J connectivity index is 1.32. The molecule has 1 N–H and O–H groups in total. The molecule has 8 heteroatoms. The van der Waals surface area contributed by atoms with Crippen LogP contribution in [0.25, 0.3) is 11.1 Å². The summed E-state index contributed by atoms with van der Waals surface area (Å²) in [6, 6.07) is 34.7. The van der Waals surface area contributed by atoms with Crippen molar-refractivity contribution in [3.8, 4) is 11.1 Å². The Bertz CT molecular complexity index is 1470. The van der Waals surface area contributed by atoms with Crippen molar-refractivity contribution in [3.63, 3.8) is 0 Å². The van der Waals surface area contributed by atoms with Gasteiger partial charge in [0, 0.05) is 69.6 Å². The lowest BCUT2D eigenvalue weighted by Gasteiger charge is -2.23. The first-order chi connectivity index (χ1) is 21.3. The first-order valence-electron chi connectivity index (χ1n) is 14.5. The maximum Gasteiger partial charge on any atom is 0.0844 e. The summed E-state index contributed by atoms with van der Waals surface area (Å²) in [5.74, 6) is 0. The van der Waals surface area contributed by atoms with Crippen LogP contribution in [0.3, 0.4) is 0 Å². The number of rotatable bonds is 13. The van der Waals surface area contributed by atoms with E-state index in [4.69, 9.17) is 5.10 Å². The summed E-state index contributed by atoms with van der Waals surface area (Å²) in [6.07, 6.45) is 7.37. The van der Waals surface area contributed by atoms with Crippen molar-refractivity contribution in [3.05, 3.63) is 162 Å². The third-order valence-corrected chi connectivity index (χ3v) is 7.18. The molecular formula is C35H34N8. The molecule has 0 unspecified atom stereocenters. The summed E-state index contributed by atoms with van der Waals surface area (Å²) in [4.78, 5) is 23.1. The van der Waals surface area contributed by atoms with Gasteiger partial charge in [0.25, 0.3) is 0 Å². The van der Waals surface area contributed by atoms with Gasteiger partial charge in [-0.25, -0.2) is 0 Å². The fourth-order valence-electron chi connectivity index (χ4n) is 5.25. The molecule has 0 bridgehead atoms. The number of benzene rings is 1. The van der Waals surface area contributed by atoms with Crippen molar-refractivity contribution in [1.82, 2.24) is 39.9 Å². The molecule has 0 radical (unpaired) electrons. The predicted octanol–water partition coefficient (Wildman–Crippen LogP) is 6.06. The van der Waals surface area contributed by atoms with Crippen molar-refractivity contribution in [1.29, 1.82) is 0 Å². The minimum Gasteiger partial charge on any atom is -0.286 e. The lowest BCUT2D eigenvalue weighted by atomic mass is 10.0. The molecule has 0 saturated heterocycles. The van der Waals surface area contributed by atoms with Gasteiger partial charge >= 0.3 is 0 Å². The molecule has 214 valence electrons. The molecule has 0 saturated carbocycles. The summed E-state index contributed by atoms with van der Waals surface area (Å²) in [5.41, 5.74) is 8.34. The molecule has 0 aliphatic rings. The van der Waals surface area contributed by atoms with Crippen LogP contribution >= 0.6 is 0 Å². The SMILES string of the molecule is c1ccc(-c2c(CN(Cc3ccccn3)Cc3ccccn3)n[nH]c2CN(Cc2ccccn2)Cc2ccccn2)cc1. The normalized spacial score (nSPS) is 11.3. The standard InChI is InChI=1S/C35H34N8/c1-2-12-28(13-3-1)35-33(26-42(22-29-14-4-8-18-36-29)23-30-15-5-9-19-37-30)40-41-34(35)27-43(24-31-16-6-10-20-38-31)25-32-17-7-11-21-39-32/h1-21H,22-27H2,(H,40,41). The van der Waals surface area contributed by atoms with Gasteiger partial charge in [-0.1, -0.05) is 54.6 Å². The fraction of sp³-hybridized carbons (Fsp3) is 0.171. The van der Waals surface area contributed by atoms with E-state index < -0.39 is 0 Å². The number of H-pyrrole nitrogens is 1. The topological polar surface area (TPSA) is 86.7 Å². The quantitative estimate of drug-likeness (QED) is 0.182. The fourth-order valence-corrected chi connectivity index (χ4v) is 5.25. The van der Waals surface area contributed by atoms with Crippen LogP contribution in [-0.2, 0) is 39.3 Å². The number of nitrogens with zero attached hydrogens (tertiary/aromatic N) is 7. The molecule has 0 atom stereocenters. The largest absolute Gasteiger partial charge is 0.286 e. The van der Waals surface area contributed by atoms with Gasteiger partial charge in [0.15, 0.2) is 0 Å². The number of pyridine rings is 4. The van der Waals surface area contributed by atoms with Gasteiger partial charge in [-0.05, 0) is 54.1 Å². The first-order valence-corrected chi connectivity index (χ1v) is 14.5. The van der Waals surface area contributed by atoms with E-state index in [1.54, 1.807) is 0 Å². The number of hydrogen-bond donors (Lipinski definition) is 1. The molecular weight excluding hydrogens is 532 g/mol. The molecule has 1 aromatic carbocycles. The molecule has 0 fully saturated rings. The third-order valence-electron chi connectivity index (χ3n) is 7.18. The van der Waals surface area contributed by atoms with Crippen molar-refractivity contribution < 1.29 is 0 Å². The van der Waals surface area contributed by atoms with E-state index in [-0.39, 0.29) is 0 Å². The van der Waals surface area contributed by atoms with Gasteiger partial charge in [0.1, 0.15) is 0 Å². The van der Waals surface area contributed by atoms with Crippen LogP contribution in [-0.4, -0.2) is 39.9 Å². The lowest BCUT2D eigenvalue weighted by molar-refractivity contribution is 0.238. The van der Waals surface area contributed by atoms with Crippen molar-refractivity contribution >= 4 is 0 Å². The van der Waals surface area contributed by atoms with Gasteiger partial charge in [0.05, 0.1) is 34.2 Å². The Morgan fingerprint density at radius 3 is 1.28 bits per heavy atom. The molecule has 5 aromatic heterocycles. The number of hydrogen-bond acceptors (Lipinski definition) is 7. The molecule has 6 rings (SSSR count). The van der Waals surface area contributed by atoms with E-state index >= 15 is 0 Å². The first kappa shape index (κ1) is 28.1. The van der Waals surface area contributed by atoms with Crippen molar-refractivity contribution in [2.45, 2.75) is 39.3 Å². The third kappa shape index (κ3) is 7.82. The molecule has 0 aliphatic heterocycles. The lowest BCUT2D eigenvalue weighted by Crippen LogP contribution is -2.24. The Hall–Kier alpha value is -5.05. The van der Waals surface area contributed by atoms with Crippen LogP contribution in [0.1, 0.15) is 34.2 Å². The minimum atomic E-state index is 0.633. The Kier molecular flexibility index (Phi) is 9.29. The van der Waals surface area contributed by atoms with E-state index in [2.05, 4.69) is 83.4 Å². The maximum absolute atomic E-state index is 4.92. The van der Waals surface area contributed by atoms with Crippen LogP contribution in [0.5, 0.6) is 0 Å². The molecule has 0 spiro atoms. The highest BCUT2D eigenvalue weighted by atomic mass is 15.2. The van der Waals surface area contributed by atoms with Gasteiger partial charge < -0.3 is 0 Å². The summed E-state index contributed by atoms with van der Waals surface area (Å²) in [5, 5.41) is 8.33. The van der Waals surface area contributed by atoms with E-state index in [0.717, 1.165) is 45.3 Å². The zero-order valence-corrected chi connectivity index (χ0v) is 24.0. The van der Waals surface area contributed by atoms with E-state index in [1.165, 1.54) is 0 Å². The summed E-state index contributed by atoms with van der Waals surface area (Å²) >= 11 is 0. The molecule has 5 heterocycles. The zero-order valence-electron chi connectivity index (χ0n) is 24.0. The van der Waals surface area contributed by atoms with Crippen LogP contribution in [0.2, 0.25) is 0 Å². The van der Waals surface area contributed by atoms with E-state index in [1.807, 2.05) is 79.4 Å². The zero-order chi connectivity index (χ0) is 29.1. The van der Waals surface area contributed by atoms with Gasteiger partial charge in [0.2, 0.25) is 0 Å². The van der Waals surface area contributed by atoms with Crippen LogP contribution < -0.4 is 0 Å². The second kappa shape index (κ2) is 14.2. The van der Waals surface area contributed by atoms with Crippen molar-refractivity contribution in [2.24, 2.45) is 0 Å². The average Bonchev–Trinajstić information content (AvgIpc) is 3.44. The summed E-state index contributed by atoms with van der Waals surface area (Å²) in [7, 11) is 0. The molecule has 8 nitrogen and oxygen atoms in total. The predicted molar refractivity (Wildman–Crippen MR) is 167 cm³/mol.